The van der Waals surface area contributed by atoms with Crippen LogP contribution in [0.4, 0.5) is 17.1 Å². The van der Waals surface area contributed by atoms with E-state index in [4.69, 9.17) is 4.98 Å². The van der Waals surface area contributed by atoms with Crippen LogP contribution in [0.3, 0.4) is 0 Å². The fourth-order valence-corrected chi connectivity index (χ4v) is 7.20. The van der Waals surface area contributed by atoms with Crippen molar-refractivity contribution in [3.63, 3.8) is 0 Å². The number of hydrogen-bond acceptors (Lipinski definition) is 3. The zero-order valence-corrected chi connectivity index (χ0v) is 26.8. The molecule has 0 aliphatic heterocycles. The summed E-state index contributed by atoms with van der Waals surface area (Å²) in [5.41, 5.74) is 13.5. The Bertz CT molecular complexity index is 2600. The Morgan fingerprint density at radius 3 is 1.98 bits per heavy atom. The van der Waals surface area contributed by atoms with Crippen molar-refractivity contribution < 1.29 is 0 Å². The van der Waals surface area contributed by atoms with Crippen LogP contribution < -0.4 is 4.90 Å². The molecule has 4 nitrogen and oxygen atoms in total. The molecule has 0 N–H and O–H groups in total. The number of rotatable bonds is 5. The minimum atomic E-state index is 0.936. The van der Waals surface area contributed by atoms with Gasteiger partial charge in [0.2, 0.25) is 0 Å². The highest BCUT2D eigenvalue weighted by Gasteiger charge is 2.19. The normalized spacial score (nSPS) is 11.5. The lowest BCUT2D eigenvalue weighted by Crippen LogP contribution is -2.09. The topological polar surface area (TPSA) is 34.0 Å². The molecule has 0 amide bonds. The molecule has 0 aliphatic rings. The summed E-state index contributed by atoms with van der Waals surface area (Å²) >= 11 is 0. The standard InChI is InChI=1S/C44H32N4/c1-29-25-42(30(2)24-38(29)33-26-32-20-19-31-12-11-23-45-43(31)44(32)46-28-33)48-40-18-10-9-17-37(40)39-27-36(21-22-41(39)48)47(34-13-5-3-6-14-34)35-15-7-4-8-16-35/h3-28H,1-2H3. The van der Waals surface area contributed by atoms with Gasteiger partial charge in [-0.1, -0.05) is 72.8 Å². The van der Waals surface area contributed by atoms with Crippen LogP contribution in [-0.2, 0) is 0 Å². The molecule has 9 rings (SSSR count). The van der Waals surface area contributed by atoms with Gasteiger partial charge in [-0.3, -0.25) is 9.97 Å². The molecule has 48 heavy (non-hydrogen) atoms. The Morgan fingerprint density at radius 1 is 0.500 bits per heavy atom. The van der Waals surface area contributed by atoms with Gasteiger partial charge in [0.15, 0.2) is 0 Å². The first-order chi connectivity index (χ1) is 23.6. The van der Waals surface area contributed by atoms with Gasteiger partial charge in [-0.25, -0.2) is 0 Å². The number of pyridine rings is 2. The van der Waals surface area contributed by atoms with Crippen LogP contribution in [0.1, 0.15) is 11.1 Å². The van der Waals surface area contributed by atoms with Gasteiger partial charge in [0.05, 0.1) is 22.1 Å². The molecule has 0 fully saturated rings. The van der Waals surface area contributed by atoms with Crippen molar-refractivity contribution in [1.82, 2.24) is 14.5 Å². The summed E-state index contributed by atoms with van der Waals surface area (Å²) in [4.78, 5) is 11.8. The molecule has 228 valence electrons. The highest BCUT2D eigenvalue weighted by Crippen LogP contribution is 2.41. The molecule has 0 saturated heterocycles. The molecule has 0 unspecified atom stereocenters. The third kappa shape index (κ3) is 4.53. The lowest BCUT2D eigenvalue weighted by atomic mass is 9.97. The van der Waals surface area contributed by atoms with E-state index in [-0.39, 0.29) is 0 Å². The summed E-state index contributed by atoms with van der Waals surface area (Å²) in [5.74, 6) is 0. The highest BCUT2D eigenvalue weighted by atomic mass is 15.1. The van der Waals surface area contributed by atoms with Crippen molar-refractivity contribution in [3.05, 3.63) is 169 Å². The number of aryl methyl sites for hydroxylation is 2. The summed E-state index contributed by atoms with van der Waals surface area (Å²) in [7, 11) is 0. The largest absolute Gasteiger partial charge is 0.310 e. The lowest BCUT2D eigenvalue weighted by molar-refractivity contribution is 1.14. The molecule has 0 aliphatic carbocycles. The average Bonchev–Trinajstić information content (AvgIpc) is 3.46. The van der Waals surface area contributed by atoms with E-state index in [2.05, 4.69) is 168 Å². The quantitative estimate of drug-likeness (QED) is 0.180. The number of benzene rings is 6. The van der Waals surface area contributed by atoms with Gasteiger partial charge in [0, 0.05) is 62.3 Å². The van der Waals surface area contributed by atoms with Gasteiger partial charge in [-0.05, 0) is 103 Å². The van der Waals surface area contributed by atoms with Gasteiger partial charge < -0.3 is 9.47 Å². The monoisotopic (exact) mass is 616 g/mol. The molecule has 0 spiro atoms. The van der Waals surface area contributed by atoms with Crippen molar-refractivity contribution in [1.29, 1.82) is 0 Å². The number of aromatic nitrogens is 3. The molecular weight excluding hydrogens is 585 g/mol. The van der Waals surface area contributed by atoms with Crippen LogP contribution >= 0.6 is 0 Å². The summed E-state index contributed by atoms with van der Waals surface area (Å²) in [6.45, 7) is 4.42. The van der Waals surface area contributed by atoms with E-state index in [1.807, 2.05) is 18.5 Å². The molecule has 6 aromatic carbocycles. The Morgan fingerprint density at radius 2 is 1.19 bits per heavy atom. The maximum atomic E-state index is 4.91. The summed E-state index contributed by atoms with van der Waals surface area (Å²) in [5, 5.41) is 4.66. The predicted molar refractivity (Wildman–Crippen MR) is 201 cm³/mol. The predicted octanol–water partition coefficient (Wildman–Crippen LogP) is 11.6. The maximum Gasteiger partial charge on any atom is 0.0964 e. The van der Waals surface area contributed by atoms with E-state index in [9.17, 15) is 0 Å². The van der Waals surface area contributed by atoms with Crippen molar-refractivity contribution >= 4 is 60.7 Å². The van der Waals surface area contributed by atoms with E-state index in [0.717, 1.165) is 44.4 Å². The van der Waals surface area contributed by atoms with Crippen molar-refractivity contribution in [2.45, 2.75) is 13.8 Å². The summed E-state index contributed by atoms with van der Waals surface area (Å²) in [6.07, 6.45) is 3.83. The average molecular weight is 617 g/mol. The number of fused-ring (bicyclic) bond motifs is 6. The van der Waals surface area contributed by atoms with E-state index >= 15 is 0 Å². The second-order valence-electron chi connectivity index (χ2n) is 12.5. The first-order valence-electron chi connectivity index (χ1n) is 16.3. The number of para-hydroxylation sites is 3. The van der Waals surface area contributed by atoms with Crippen molar-refractivity contribution in [2.24, 2.45) is 0 Å². The molecule has 0 radical (unpaired) electrons. The Labute approximate surface area is 279 Å². The molecule has 0 saturated carbocycles. The van der Waals surface area contributed by atoms with E-state index in [0.29, 0.717) is 0 Å². The molecule has 3 aromatic heterocycles. The zero-order chi connectivity index (χ0) is 32.2. The Balaban J connectivity index is 1.19. The lowest BCUT2D eigenvalue weighted by Gasteiger charge is -2.25. The summed E-state index contributed by atoms with van der Waals surface area (Å²) in [6, 6.07) is 52.0. The molecule has 9 aromatic rings. The first kappa shape index (κ1) is 28.0. The van der Waals surface area contributed by atoms with Crippen LogP contribution in [0.25, 0.3) is 60.4 Å². The number of anilines is 3. The smallest absolute Gasteiger partial charge is 0.0964 e. The molecule has 0 bridgehead atoms. The van der Waals surface area contributed by atoms with Gasteiger partial charge in [-0.2, -0.15) is 0 Å². The van der Waals surface area contributed by atoms with Crippen LogP contribution in [0.2, 0.25) is 0 Å². The number of hydrogen-bond donors (Lipinski definition) is 0. The first-order valence-corrected chi connectivity index (χ1v) is 16.3. The van der Waals surface area contributed by atoms with Crippen LogP contribution in [0.5, 0.6) is 0 Å². The maximum absolute atomic E-state index is 4.91. The van der Waals surface area contributed by atoms with Crippen molar-refractivity contribution in [3.8, 4) is 16.8 Å². The van der Waals surface area contributed by atoms with E-state index < -0.39 is 0 Å². The second kappa shape index (κ2) is 11.2. The van der Waals surface area contributed by atoms with Gasteiger partial charge in [0.25, 0.3) is 0 Å². The van der Waals surface area contributed by atoms with E-state index in [1.54, 1.807) is 0 Å². The minimum absolute atomic E-state index is 0.936. The van der Waals surface area contributed by atoms with Crippen molar-refractivity contribution in [2.75, 3.05) is 4.90 Å². The fraction of sp³-hybridized carbons (Fsp3) is 0.0455. The highest BCUT2D eigenvalue weighted by molar-refractivity contribution is 6.11. The Hall–Kier alpha value is -6.26. The SMILES string of the molecule is Cc1cc(-n2c3ccccc3c3cc(N(c4ccccc4)c4ccccc4)ccc32)c(C)cc1-c1cnc2c(ccc3cccnc32)c1. The van der Waals surface area contributed by atoms with Gasteiger partial charge in [-0.15, -0.1) is 0 Å². The molecule has 3 heterocycles. The number of nitrogens with zero attached hydrogens (tertiary/aromatic N) is 4. The summed E-state index contributed by atoms with van der Waals surface area (Å²) < 4.78 is 2.42. The fourth-order valence-electron chi connectivity index (χ4n) is 7.20. The third-order valence-electron chi connectivity index (χ3n) is 9.46. The van der Waals surface area contributed by atoms with Gasteiger partial charge in [0.1, 0.15) is 0 Å². The van der Waals surface area contributed by atoms with Crippen LogP contribution in [0.15, 0.2) is 158 Å². The Kier molecular flexibility index (Phi) is 6.54. The molecular formula is C44H32N4. The van der Waals surface area contributed by atoms with Gasteiger partial charge >= 0.3 is 0 Å². The zero-order valence-electron chi connectivity index (χ0n) is 26.8. The van der Waals surface area contributed by atoms with Crippen LogP contribution in [-0.4, -0.2) is 14.5 Å². The van der Waals surface area contributed by atoms with Crippen LogP contribution in [0, 0.1) is 13.8 Å². The second-order valence-corrected chi connectivity index (χ2v) is 12.5. The minimum Gasteiger partial charge on any atom is -0.310 e. The molecule has 4 heteroatoms. The third-order valence-corrected chi connectivity index (χ3v) is 9.46. The van der Waals surface area contributed by atoms with E-state index in [1.165, 1.54) is 44.2 Å². The molecule has 0 atom stereocenters.